The second-order valence-corrected chi connectivity index (χ2v) is 4.44. The fourth-order valence-electron chi connectivity index (χ4n) is 2.21. The topological polar surface area (TPSA) is 52.6 Å². The Morgan fingerprint density at radius 2 is 2.22 bits per heavy atom. The van der Waals surface area contributed by atoms with Crippen molar-refractivity contribution in [3.8, 4) is 0 Å². The standard InChI is InChI=1S/C13H17FN2O2/c14-11-6-1-2-7-12(11)15-13(18)16-8-4-3-5-10(16)9-17/h1-2,6-7,10,17H,3-5,8-9H2,(H,15,18). The van der Waals surface area contributed by atoms with E-state index in [1.807, 2.05) is 0 Å². The van der Waals surface area contributed by atoms with Gasteiger partial charge in [-0.05, 0) is 31.4 Å². The van der Waals surface area contributed by atoms with E-state index in [0.29, 0.717) is 6.54 Å². The zero-order valence-corrected chi connectivity index (χ0v) is 10.1. The lowest BCUT2D eigenvalue weighted by atomic mass is 10.0. The van der Waals surface area contributed by atoms with Gasteiger partial charge < -0.3 is 15.3 Å². The third-order valence-electron chi connectivity index (χ3n) is 3.21. The second kappa shape index (κ2) is 5.82. The van der Waals surface area contributed by atoms with Gasteiger partial charge in [0.1, 0.15) is 5.82 Å². The molecule has 1 aromatic rings. The van der Waals surface area contributed by atoms with Gasteiger partial charge in [-0.3, -0.25) is 0 Å². The van der Waals surface area contributed by atoms with E-state index in [0.717, 1.165) is 19.3 Å². The van der Waals surface area contributed by atoms with Gasteiger partial charge in [0.15, 0.2) is 0 Å². The zero-order chi connectivity index (χ0) is 13.0. The molecule has 1 atom stereocenters. The summed E-state index contributed by atoms with van der Waals surface area (Å²) >= 11 is 0. The number of anilines is 1. The van der Waals surface area contributed by atoms with Crippen molar-refractivity contribution in [2.45, 2.75) is 25.3 Å². The van der Waals surface area contributed by atoms with Gasteiger partial charge in [-0.2, -0.15) is 0 Å². The van der Waals surface area contributed by atoms with Crippen molar-refractivity contribution in [1.82, 2.24) is 4.90 Å². The molecule has 2 rings (SSSR count). The SMILES string of the molecule is O=C(Nc1ccccc1F)N1CCCCC1CO. The highest BCUT2D eigenvalue weighted by Crippen LogP contribution is 2.19. The van der Waals surface area contributed by atoms with Crippen LogP contribution in [-0.2, 0) is 0 Å². The molecule has 18 heavy (non-hydrogen) atoms. The van der Waals surface area contributed by atoms with Crippen LogP contribution in [0.1, 0.15) is 19.3 Å². The molecular weight excluding hydrogens is 235 g/mol. The molecule has 1 aromatic carbocycles. The average Bonchev–Trinajstić information content (AvgIpc) is 2.41. The van der Waals surface area contributed by atoms with Crippen LogP contribution in [0, 0.1) is 5.82 Å². The van der Waals surface area contributed by atoms with Gasteiger partial charge in [-0.1, -0.05) is 12.1 Å². The number of halogens is 1. The van der Waals surface area contributed by atoms with Crippen molar-refractivity contribution < 1.29 is 14.3 Å². The third-order valence-corrected chi connectivity index (χ3v) is 3.21. The van der Waals surface area contributed by atoms with Crippen LogP contribution >= 0.6 is 0 Å². The van der Waals surface area contributed by atoms with Crippen LogP contribution in [0.25, 0.3) is 0 Å². The normalized spacial score (nSPS) is 19.7. The molecule has 5 heteroatoms. The lowest BCUT2D eigenvalue weighted by molar-refractivity contribution is 0.115. The number of likely N-dealkylation sites (tertiary alicyclic amines) is 1. The van der Waals surface area contributed by atoms with Crippen LogP contribution in [0.3, 0.4) is 0 Å². The minimum Gasteiger partial charge on any atom is -0.394 e. The summed E-state index contributed by atoms with van der Waals surface area (Å²) in [6.07, 6.45) is 2.72. The molecule has 1 heterocycles. The summed E-state index contributed by atoms with van der Waals surface area (Å²) in [6.45, 7) is 0.552. The minimum atomic E-state index is -0.455. The van der Waals surface area contributed by atoms with Gasteiger partial charge in [0, 0.05) is 6.54 Å². The number of aliphatic hydroxyl groups excluding tert-OH is 1. The van der Waals surface area contributed by atoms with Crippen LogP contribution in [0.15, 0.2) is 24.3 Å². The number of carbonyl (C=O) groups excluding carboxylic acids is 1. The second-order valence-electron chi connectivity index (χ2n) is 4.44. The monoisotopic (exact) mass is 252 g/mol. The van der Waals surface area contributed by atoms with Crippen LogP contribution in [0.4, 0.5) is 14.9 Å². The molecule has 0 aliphatic carbocycles. The van der Waals surface area contributed by atoms with E-state index >= 15 is 0 Å². The molecule has 2 N–H and O–H groups in total. The van der Waals surface area contributed by atoms with Crippen molar-refractivity contribution >= 4 is 11.7 Å². The predicted octanol–water partition coefficient (Wildman–Crippen LogP) is 2.20. The van der Waals surface area contributed by atoms with Gasteiger partial charge in [0.25, 0.3) is 0 Å². The van der Waals surface area contributed by atoms with Crippen molar-refractivity contribution in [2.24, 2.45) is 0 Å². The Hall–Kier alpha value is -1.62. The summed E-state index contributed by atoms with van der Waals surface area (Å²) in [5.41, 5.74) is 0.171. The lowest BCUT2D eigenvalue weighted by Crippen LogP contribution is -2.47. The summed E-state index contributed by atoms with van der Waals surface area (Å²) in [4.78, 5) is 13.6. The Kier molecular flexibility index (Phi) is 4.15. The summed E-state index contributed by atoms with van der Waals surface area (Å²) in [5, 5.41) is 11.8. The smallest absolute Gasteiger partial charge is 0.322 e. The van der Waals surface area contributed by atoms with Crippen molar-refractivity contribution in [1.29, 1.82) is 0 Å². The van der Waals surface area contributed by atoms with Gasteiger partial charge in [0.05, 0.1) is 18.3 Å². The number of aliphatic hydroxyl groups is 1. The quantitative estimate of drug-likeness (QED) is 0.847. The highest BCUT2D eigenvalue weighted by Gasteiger charge is 2.26. The van der Waals surface area contributed by atoms with Crippen LogP contribution in [-0.4, -0.2) is 35.2 Å². The van der Waals surface area contributed by atoms with Crippen molar-refractivity contribution in [2.75, 3.05) is 18.5 Å². The molecule has 0 aromatic heterocycles. The number of nitrogens with one attached hydrogen (secondary N) is 1. The number of benzene rings is 1. The summed E-state index contributed by atoms with van der Waals surface area (Å²) < 4.78 is 13.4. The van der Waals surface area contributed by atoms with Crippen LogP contribution in [0.2, 0.25) is 0 Å². The molecular formula is C13H17FN2O2. The van der Waals surface area contributed by atoms with E-state index in [1.54, 1.807) is 17.0 Å². The molecule has 98 valence electrons. The van der Waals surface area contributed by atoms with E-state index in [1.165, 1.54) is 12.1 Å². The molecule has 0 radical (unpaired) electrons. The molecule has 1 aliphatic rings. The summed E-state index contributed by atoms with van der Waals surface area (Å²) in [7, 11) is 0. The first-order valence-electron chi connectivity index (χ1n) is 6.15. The maximum atomic E-state index is 13.4. The number of carbonyl (C=O) groups is 1. The summed E-state index contributed by atoms with van der Waals surface area (Å²) in [6, 6.07) is 5.55. The van der Waals surface area contributed by atoms with Crippen LogP contribution < -0.4 is 5.32 Å². The molecule has 1 aliphatic heterocycles. The Balaban J connectivity index is 2.05. The van der Waals surface area contributed by atoms with E-state index in [9.17, 15) is 14.3 Å². The largest absolute Gasteiger partial charge is 0.394 e. The number of nitrogens with zero attached hydrogens (tertiary/aromatic N) is 1. The number of rotatable bonds is 2. The number of piperidine rings is 1. The van der Waals surface area contributed by atoms with E-state index in [-0.39, 0.29) is 24.4 Å². The Morgan fingerprint density at radius 3 is 2.94 bits per heavy atom. The molecule has 2 amide bonds. The minimum absolute atomic E-state index is 0.0509. The molecule has 0 spiro atoms. The Morgan fingerprint density at radius 1 is 1.44 bits per heavy atom. The van der Waals surface area contributed by atoms with Gasteiger partial charge in [0.2, 0.25) is 0 Å². The number of amides is 2. The lowest BCUT2D eigenvalue weighted by Gasteiger charge is -2.34. The molecule has 1 unspecified atom stereocenters. The van der Waals surface area contributed by atoms with Crippen LogP contribution in [0.5, 0.6) is 0 Å². The molecule has 0 saturated carbocycles. The Bertz CT molecular complexity index is 425. The number of hydrogen-bond donors (Lipinski definition) is 2. The first-order chi connectivity index (χ1) is 8.72. The molecule has 1 saturated heterocycles. The maximum absolute atomic E-state index is 13.4. The molecule has 1 fully saturated rings. The Labute approximate surface area is 105 Å². The fraction of sp³-hybridized carbons (Fsp3) is 0.462. The highest BCUT2D eigenvalue weighted by atomic mass is 19.1. The summed E-state index contributed by atoms with van der Waals surface area (Å²) in [5.74, 6) is -0.455. The van der Waals surface area contributed by atoms with E-state index in [2.05, 4.69) is 5.32 Å². The molecule has 0 bridgehead atoms. The first-order valence-corrected chi connectivity index (χ1v) is 6.15. The van der Waals surface area contributed by atoms with Crippen molar-refractivity contribution in [3.63, 3.8) is 0 Å². The predicted molar refractivity (Wildman–Crippen MR) is 66.8 cm³/mol. The van der Waals surface area contributed by atoms with E-state index < -0.39 is 5.82 Å². The van der Waals surface area contributed by atoms with Crippen molar-refractivity contribution in [3.05, 3.63) is 30.1 Å². The number of hydrogen-bond acceptors (Lipinski definition) is 2. The molecule has 4 nitrogen and oxygen atoms in total. The highest BCUT2D eigenvalue weighted by molar-refractivity contribution is 5.89. The first kappa shape index (κ1) is 12.8. The van der Waals surface area contributed by atoms with Gasteiger partial charge in [-0.25, -0.2) is 9.18 Å². The van der Waals surface area contributed by atoms with Gasteiger partial charge >= 0.3 is 6.03 Å². The maximum Gasteiger partial charge on any atom is 0.322 e. The number of para-hydroxylation sites is 1. The number of urea groups is 1. The van der Waals surface area contributed by atoms with Gasteiger partial charge in [-0.15, -0.1) is 0 Å². The average molecular weight is 252 g/mol. The zero-order valence-electron chi connectivity index (χ0n) is 10.1. The van der Waals surface area contributed by atoms with E-state index in [4.69, 9.17) is 0 Å². The third kappa shape index (κ3) is 2.79. The fourth-order valence-corrected chi connectivity index (χ4v) is 2.21.